The molecule has 0 radical (unpaired) electrons. The van der Waals surface area contributed by atoms with Crippen LogP contribution in [0.15, 0.2) is 58.8 Å². The molecule has 0 fully saturated rings. The Morgan fingerprint density at radius 1 is 0.741 bits per heavy atom. The highest BCUT2D eigenvalue weighted by atomic mass is 32.2. The Hall–Kier alpha value is -3.93. The van der Waals surface area contributed by atoms with E-state index in [2.05, 4.69) is 30.6 Å². The van der Waals surface area contributed by atoms with E-state index >= 15 is 0 Å². The number of rotatable bonds is 9. The number of carbonyl (C=O) groups excluding carboxylic acids is 2. The first kappa shape index (κ1) is 39.5. The molecule has 6 aromatic rings. The fourth-order valence-corrected chi connectivity index (χ4v) is 13.8. The van der Waals surface area contributed by atoms with Crippen molar-refractivity contribution < 1.29 is 18.0 Å². The van der Waals surface area contributed by atoms with Crippen LogP contribution in [0.5, 0.6) is 0 Å². The van der Waals surface area contributed by atoms with Gasteiger partial charge in [0.25, 0.3) is 0 Å². The Morgan fingerprint density at radius 2 is 1.24 bits per heavy atom. The highest BCUT2D eigenvalue weighted by Gasteiger charge is 2.29. The van der Waals surface area contributed by atoms with Gasteiger partial charge in [-0.05, 0) is 124 Å². The van der Waals surface area contributed by atoms with Crippen LogP contribution in [-0.4, -0.2) is 56.1 Å². The minimum absolute atomic E-state index is 0.184. The van der Waals surface area contributed by atoms with Crippen LogP contribution in [0, 0.1) is 11.8 Å². The van der Waals surface area contributed by atoms with Gasteiger partial charge in [0.05, 0.1) is 21.8 Å². The number of thiophene rings is 2. The van der Waals surface area contributed by atoms with Crippen molar-refractivity contribution in [3.05, 3.63) is 81.1 Å². The first-order valence-electron chi connectivity index (χ1n) is 19.6. The SMILES string of the molecule is CC(C)S(=O)(=O)CCC1CCc2c(sc3ncnc(Nc4ccc5c(c4)SC(=O)C5)c23)C1.NCC1CCc2c(sc3ncnc(Nc4ccc5c(c4)SC(=O)C5)c23)C1. The number of sulfone groups is 1. The Labute approximate surface area is 353 Å². The molecule has 2 atom stereocenters. The highest BCUT2D eigenvalue weighted by molar-refractivity contribution is 8.14. The van der Waals surface area contributed by atoms with E-state index in [-0.39, 0.29) is 21.2 Å². The maximum Gasteiger partial charge on any atom is 0.198 e. The molecule has 0 saturated heterocycles. The summed E-state index contributed by atoms with van der Waals surface area (Å²) in [5.41, 5.74) is 12.6. The molecule has 4 aromatic heterocycles. The fraction of sp³-hybridized carbons (Fsp3) is 0.381. The lowest BCUT2D eigenvalue weighted by Gasteiger charge is -2.22. The summed E-state index contributed by atoms with van der Waals surface area (Å²) in [6.45, 7) is 4.26. The van der Waals surface area contributed by atoms with Crippen LogP contribution in [0.2, 0.25) is 0 Å². The molecule has 2 aromatic carbocycles. The fourth-order valence-electron chi connectivity index (χ4n) is 8.21. The first-order valence-corrected chi connectivity index (χ1v) is 24.6. The van der Waals surface area contributed by atoms with Gasteiger partial charge in [-0.15, -0.1) is 22.7 Å². The van der Waals surface area contributed by atoms with Crippen LogP contribution in [0.1, 0.15) is 65.1 Å². The van der Waals surface area contributed by atoms with Crippen LogP contribution in [0.4, 0.5) is 23.0 Å². The first-order chi connectivity index (χ1) is 28.0. The number of hydrogen-bond donors (Lipinski definition) is 3. The summed E-state index contributed by atoms with van der Waals surface area (Å²) in [7, 11) is -3.00. The topological polar surface area (TPSA) is 170 Å². The molecule has 0 spiro atoms. The summed E-state index contributed by atoms with van der Waals surface area (Å²) >= 11 is 6.09. The summed E-state index contributed by atoms with van der Waals surface area (Å²) in [5.74, 6) is 2.88. The van der Waals surface area contributed by atoms with Crippen molar-refractivity contribution >= 4 is 110 Å². The molecule has 300 valence electrons. The zero-order chi connectivity index (χ0) is 40.1. The van der Waals surface area contributed by atoms with E-state index < -0.39 is 9.84 Å². The molecule has 0 saturated carbocycles. The lowest BCUT2D eigenvalue weighted by atomic mass is 9.86. The molecule has 2 aliphatic carbocycles. The lowest BCUT2D eigenvalue weighted by Crippen LogP contribution is -2.22. The molecule has 6 heterocycles. The van der Waals surface area contributed by atoms with Crippen molar-refractivity contribution in [1.82, 2.24) is 19.9 Å². The number of nitrogens with one attached hydrogen (secondary N) is 2. The van der Waals surface area contributed by atoms with Crippen LogP contribution in [0.25, 0.3) is 20.4 Å². The van der Waals surface area contributed by atoms with E-state index in [9.17, 15) is 18.0 Å². The maximum absolute atomic E-state index is 12.2. The van der Waals surface area contributed by atoms with Gasteiger partial charge in [-0.3, -0.25) is 9.59 Å². The van der Waals surface area contributed by atoms with Crippen LogP contribution < -0.4 is 16.4 Å². The third-order valence-electron chi connectivity index (χ3n) is 11.5. The minimum Gasteiger partial charge on any atom is -0.340 e. The molecule has 16 heteroatoms. The van der Waals surface area contributed by atoms with Crippen molar-refractivity contribution in [1.29, 1.82) is 0 Å². The predicted octanol–water partition coefficient (Wildman–Crippen LogP) is 8.60. The van der Waals surface area contributed by atoms with Crippen molar-refractivity contribution in [2.75, 3.05) is 22.9 Å². The van der Waals surface area contributed by atoms with Crippen molar-refractivity contribution in [2.24, 2.45) is 17.6 Å². The molecule has 10 rings (SSSR count). The van der Waals surface area contributed by atoms with Gasteiger partial charge in [0.1, 0.15) is 34.0 Å². The van der Waals surface area contributed by atoms with Crippen molar-refractivity contribution in [3.8, 4) is 0 Å². The second-order valence-corrected chi connectivity index (χ2v) is 22.7. The lowest BCUT2D eigenvalue weighted by molar-refractivity contribution is -0.110. The molecule has 4 N–H and O–H groups in total. The standard InChI is InChI=1S/C23H25N3O3S3.C19H18N4OS2/c1-13(2)32(28,29)8-7-14-3-6-17-19(9-14)31-23-21(17)22(24-12-25-23)26-16-5-4-15-10-20(27)30-18(15)11-16;20-8-10-1-4-13-15(5-10)26-19-17(13)18(21-9-22-19)23-12-3-2-11-6-16(24)25-14(11)7-12/h4-5,11-14H,3,6-10H2,1-2H3,(H,24,25,26);2-3,7,9-10H,1,4-6,8,20H2,(H,21,22,23). The molecule has 0 bridgehead atoms. The second kappa shape index (κ2) is 16.3. The Bertz CT molecular complexity index is 2710. The van der Waals surface area contributed by atoms with Crippen molar-refractivity contribution in [2.45, 2.75) is 86.7 Å². The third kappa shape index (κ3) is 8.03. The molecular weight excluding hydrogens is 827 g/mol. The van der Waals surface area contributed by atoms with Crippen molar-refractivity contribution in [3.63, 3.8) is 0 Å². The Morgan fingerprint density at radius 3 is 1.74 bits per heavy atom. The maximum atomic E-state index is 12.2. The van der Waals surface area contributed by atoms with Gasteiger partial charge in [0.15, 0.2) is 20.1 Å². The van der Waals surface area contributed by atoms with Gasteiger partial charge in [-0.2, -0.15) is 0 Å². The summed E-state index contributed by atoms with van der Waals surface area (Å²) in [6, 6.07) is 12.1. The van der Waals surface area contributed by atoms with E-state index in [1.54, 1.807) is 49.2 Å². The molecule has 58 heavy (non-hydrogen) atoms. The number of benzene rings is 2. The largest absolute Gasteiger partial charge is 0.340 e. The Kier molecular flexibility index (Phi) is 11.1. The number of aromatic nitrogens is 4. The third-order valence-corrected chi connectivity index (χ3v) is 18.0. The number of hydrogen-bond acceptors (Lipinski definition) is 15. The summed E-state index contributed by atoms with van der Waals surface area (Å²) in [6.07, 6.45) is 11.0. The number of carbonyl (C=O) groups is 2. The van der Waals surface area contributed by atoms with Gasteiger partial charge in [-0.1, -0.05) is 35.7 Å². The second-order valence-electron chi connectivity index (χ2n) is 15.7. The minimum atomic E-state index is -3.00. The molecule has 11 nitrogen and oxygen atoms in total. The number of nitrogens with two attached hydrogens (primary N) is 1. The molecule has 4 aliphatic rings. The molecular formula is C42H43N7O4S5. The Balaban J connectivity index is 0.000000153. The summed E-state index contributed by atoms with van der Waals surface area (Å²) in [4.78, 5) is 48.2. The van der Waals surface area contributed by atoms with Gasteiger partial charge >= 0.3 is 0 Å². The summed E-state index contributed by atoms with van der Waals surface area (Å²) < 4.78 is 24.4. The van der Waals surface area contributed by atoms with Crippen LogP contribution >= 0.6 is 46.2 Å². The normalized spacial score (nSPS) is 18.5. The quantitative estimate of drug-likeness (QED) is 0.126. The monoisotopic (exact) mass is 869 g/mol. The van der Waals surface area contributed by atoms with Gasteiger partial charge < -0.3 is 16.4 Å². The van der Waals surface area contributed by atoms with Gasteiger partial charge in [0, 0.05) is 43.8 Å². The molecule has 0 amide bonds. The number of aryl methyl sites for hydroxylation is 2. The summed E-state index contributed by atoms with van der Waals surface area (Å²) in [5, 5.41) is 9.21. The van der Waals surface area contributed by atoms with Gasteiger partial charge in [0.2, 0.25) is 0 Å². The van der Waals surface area contributed by atoms with E-state index in [1.807, 2.05) is 36.4 Å². The van der Waals surface area contributed by atoms with E-state index in [1.165, 1.54) is 44.4 Å². The van der Waals surface area contributed by atoms with Crippen LogP contribution in [0.3, 0.4) is 0 Å². The van der Waals surface area contributed by atoms with E-state index in [0.29, 0.717) is 24.7 Å². The highest BCUT2D eigenvalue weighted by Crippen LogP contribution is 2.43. The number of nitrogens with zero attached hydrogens (tertiary/aromatic N) is 4. The predicted molar refractivity (Wildman–Crippen MR) is 237 cm³/mol. The van der Waals surface area contributed by atoms with Gasteiger partial charge in [-0.25, -0.2) is 28.4 Å². The molecule has 2 aliphatic heterocycles. The number of thioether (sulfide) groups is 2. The number of fused-ring (bicyclic) bond motifs is 8. The molecule has 2 unspecified atom stereocenters. The smallest absolute Gasteiger partial charge is 0.198 e. The van der Waals surface area contributed by atoms with Crippen LogP contribution in [-0.2, 0) is 58.0 Å². The average Bonchev–Trinajstić information content (AvgIpc) is 3.98. The van der Waals surface area contributed by atoms with E-state index in [4.69, 9.17) is 5.73 Å². The van der Waals surface area contributed by atoms with E-state index in [0.717, 1.165) is 116 Å². The average molecular weight is 870 g/mol. The zero-order valence-corrected chi connectivity index (χ0v) is 36.3. The zero-order valence-electron chi connectivity index (χ0n) is 32.2. The number of anilines is 4.